The Labute approximate surface area is 77.3 Å². The first-order valence-corrected chi connectivity index (χ1v) is 5.18. The summed E-state index contributed by atoms with van der Waals surface area (Å²) in [7, 11) is 2.13. The minimum absolute atomic E-state index is 0.608. The van der Waals surface area contributed by atoms with E-state index in [1.54, 1.807) is 0 Å². The molecule has 74 valence electrons. The van der Waals surface area contributed by atoms with Gasteiger partial charge in [0.25, 0.3) is 0 Å². The second-order valence-corrected chi connectivity index (χ2v) is 3.57. The fraction of sp³-hybridized carbons (Fsp3) is 1.00. The molecule has 0 amide bonds. The Morgan fingerprint density at radius 3 is 2.42 bits per heavy atom. The Balaban J connectivity index is 3.26. The molecular formula is C10H24N2. The van der Waals surface area contributed by atoms with Crippen LogP contribution in [0.4, 0.5) is 0 Å². The average molecular weight is 172 g/mol. The SMILES string of the molecule is CCCCCN(C)NC(C)CC. The second-order valence-electron chi connectivity index (χ2n) is 3.57. The predicted octanol–water partition coefficient (Wildman–Crippen LogP) is 2.41. The number of unbranched alkanes of at least 4 members (excludes halogenated alkanes) is 2. The minimum Gasteiger partial charge on any atom is -0.253 e. The van der Waals surface area contributed by atoms with E-state index in [-0.39, 0.29) is 0 Å². The number of hydrazine groups is 1. The van der Waals surface area contributed by atoms with Crippen LogP contribution in [-0.4, -0.2) is 24.6 Å². The molecule has 0 rings (SSSR count). The van der Waals surface area contributed by atoms with Crippen molar-refractivity contribution in [3.05, 3.63) is 0 Å². The van der Waals surface area contributed by atoms with E-state index in [1.165, 1.54) is 25.7 Å². The third kappa shape index (κ3) is 6.62. The van der Waals surface area contributed by atoms with Gasteiger partial charge in [-0.25, -0.2) is 5.01 Å². The van der Waals surface area contributed by atoms with E-state index in [0.717, 1.165) is 6.54 Å². The largest absolute Gasteiger partial charge is 0.253 e. The maximum absolute atomic E-state index is 3.42. The van der Waals surface area contributed by atoms with Crippen LogP contribution in [0.5, 0.6) is 0 Å². The van der Waals surface area contributed by atoms with Crippen molar-refractivity contribution in [1.29, 1.82) is 0 Å². The maximum Gasteiger partial charge on any atom is 0.0184 e. The number of hydrogen-bond acceptors (Lipinski definition) is 2. The molecule has 0 bridgehead atoms. The Hall–Kier alpha value is -0.0800. The molecule has 0 aliphatic rings. The van der Waals surface area contributed by atoms with E-state index >= 15 is 0 Å². The zero-order valence-corrected chi connectivity index (χ0v) is 9.06. The van der Waals surface area contributed by atoms with Crippen LogP contribution < -0.4 is 5.43 Å². The monoisotopic (exact) mass is 172 g/mol. The van der Waals surface area contributed by atoms with Crippen molar-refractivity contribution in [3.8, 4) is 0 Å². The van der Waals surface area contributed by atoms with Crippen LogP contribution in [0.15, 0.2) is 0 Å². The molecule has 0 aromatic rings. The Kier molecular flexibility index (Phi) is 7.51. The van der Waals surface area contributed by atoms with Crippen LogP contribution in [0, 0.1) is 0 Å². The van der Waals surface area contributed by atoms with Crippen LogP contribution in [0.2, 0.25) is 0 Å². The number of nitrogens with one attached hydrogen (secondary N) is 1. The van der Waals surface area contributed by atoms with Gasteiger partial charge in [-0.3, -0.25) is 5.43 Å². The molecule has 1 atom stereocenters. The lowest BCUT2D eigenvalue weighted by Crippen LogP contribution is -2.40. The number of hydrogen-bond donors (Lipinski definition) is 1. The molecule has 2 nitrogen and oxygen atoms in total. The Morgan fingerprint density at radius 2 is 1.92 bits per heavy atom. The third-order valence-corrected chi connectivity index (χ3v) is 2.15. The molecular weight excluding hydrogens is 148 g/mol. The van der Waals surface area contributed by atoms with Crippen LogP contribution in [0.1, 0.15) is 46.5 Å². The molecule has 0 saturated heterocycles. The first-order chi connectivity index (χ1) is 5.70. The number of rotatable bonds is 7. The van der Waals surface area contributed by atoms with Gasteiger partial charge in [-0.15, -0.1) is 0 Å². The van der Waals surface area contributed by atoms with Crippen molar-refractivity contribution in [3.63, 3.8) is 0 Å². The van der Waals surface area contributed by atoms with Gasteiger partial charge in [0.15, 0.2) is 0 Å². The lowest BCUT2D eigenvalue weighted by atomic mass is 10.2. The summed E-state index contributed by atoms with van der Waals surface area (Å²) >= 11 is 0. The maximum atomic E-state index is 3.42. The first kappa shape index (κ1) is 11.9. The highest BCUT2D eigenvalue weighted by molar-refractivity contribution is 4.54. The third-order valence-electron chi connectivity index (χ3n) is 2.15. The molecule has 0 spiro atoms. The summed E-state index contributed by atoms with van der Waals surface area (Å²) in [5, 5.41) is 2.21. The molecule has 12 heavy (non-hydrogen) atoms. The van der Waals surface area contributed by atoms with Gasteiger partial charge in [0.1, 0.15) is 0 Å². The molecule has 0 radical (unpaired) electrons. The lowest BCUT2D eigenvalue weighted by Gasteiger charge is -2.22. The van der Waals surface area contributed by atoms with Gasteiger partial charge in [0, 0.05) is 19.6 Å². The molecule has 1 unspecified atom stereocenters. The lowest BCUT2D eigenvalue weighted by molar-refractivity contribution is 0.197. The minimum atomic E-state index is 0.608. The van der Waals surface area contributed by atoms with Crippen LogP contribution in [0.3, 0.4) is 0 Å². The van der Waals surface area contributed by atoms with Crippen molar-refractivity contribution in [1.82, 2.24) is 10.4 Å². The first-order valence-electron chi connectivity index (χ1n) is 5.18. The average Bonchev–Trinajstić information content (AvgIpc) is 2.05. The van der Waals surface area contributed by atoms with Crippen LogP contribution >= 0.6 is 0 Å². The van der Waals surface area contributed by atoms with Crippen molar-refractivity contribution < 1.29 is 0 Å². The van der Waals surface area contributed by atoms with Gasteiger partial charge in [0.2, 0.25) is 0 Å². The summed E-state index contributed by atoms with van der Waals surface area (Å²) < 4.78 is 0. The Morgan fingerprint density at radius 1 is 1.25 bits per heavy atom. The van der Waals surface area contributed by atoms with E-state index in [0.29, 0.717) is 6.04 Å². The van der Waals surface area contributed by atoms with E-state index in [1.807, 2.05) is 0 Å². The highest BCUT2D eigenvalue weighted by atomic mass is 15.5. The van der Waals surface area contributed by atoms with E-state index in [2.05, 4.69) is 38.3 Å². The van der Waals surface area contributed by atoms with Crippen molar-refractivity contribution in [2.75, 3.05) is 13.6 Å². The topological polar surface area (TPSA) is 15.3 Å². The van der Waals surface area contributed by atoms with Crippen LogP contribution in [-0.2, 0) is 0 Å². The standard InChI is InChI=1S/C10H24N2/c1-5-7-8-9-12(4)11-10(3)6-2/h10-11H,5-9H2,1-4H3. The molecule has 0 heterocycles. The van der Waals surface area contributed by atoms with Gasteiger partial charge in [-0.2, -0.15) is 0 Å². The summed E-state index contributed by atoms with van der Waals surface area (Å²) in [4.78, 5) is 0. The van der Waals surface area contributed by atoms with Gasteiger partial charge in [0.05, 0.1) is 0 Å². The molecule has 0 aliphatic carbocycles. The summed E-state index contributed by atoms with van der Waals surface area (Å²) in [5.41, 5.74) is 3.42. The molecule has 0 aromatic heterocycles. The zero-order valence-electron chi connectivity index (χ0n) is 9.06. The normalized spacial score (nSPS) is 13.8. The molecule has 1 N–H and O–H groups in total. The fourth-order valence-corrected chi connectivity index (χ4v) is 1.13. The molecule has 0 fully saturated rings. The Bertz CT molecular complexity index is 93.8. The quantitative estimate of drug-likeness (QED) is 0.468. The number of nitrogens with zero attached hydrogens (tertiary/aromatic N) is 1. The van der Waals surface area contributed by atoms with Gasteiger partial charge >= 0.3 is 0 Å². The smallest absolute Gasteiger partial charge is 0.0184 e. The predicted molar refractivity (Wildman–Crippen MR) is 55.0 cm³/mol. The summed E-state index contributed by atoms with van der Waals surface area (Å²) in [6.07, 6.45) is 5.14. The van der Waals surface area contributed by atoms with E-state index in [4.69, 9.17) is 0 Å². The summed E-state index contributed by atoms with van der Waals surface area (Å²) in [5.74, 6) is 0. The summed E-state index contributed by atoms with van der Waals surface area (Å²) in [6, 6.07) is 0.608. The zero-order chi connectivity index (χ0) is 9.40. The highest BCUT2D eigenvalue weighted by Gasteiger charge is 2.01. The molecule has 0 aliphatic heterocycles. The van der Waals surface area contributed by atoms with Crippen molar-refractivity contribution in [2.24, 2.45) is 0 Å². The van der Waals surface area contributed by atoms with Gasteiger partial charge in [-0.1, -0.05) is 26.7 Å². The van der Waals surface area contributed by atoms with Crippen molar-refractivity contribution >= 4 is 0 Å². The van der Waals surface area contributed by atoms with Crippen LogP contribution in [0.25, 0.3) is 0 Å². The molecule has 2 heteroatoms. The fourth-order valence-electron chi connectivity index (χ4n) is 1.13. The van der Waals surface area contributed by atoms with E-state index < -0.39 is 0 Å². The van der Waals surface area contributed by atoms with Gasteiger partial charge in [-0.05, 0) is 19.8 Å². The highest BCUT2D eigenvalue weighted by Crippen LogP contribution is 1.96. The van der Waals surface area contributed by atoms with E-state index in [9.17, 15) is 0 Å². The van der Waals surface area contributed by atoms with Crippen molar-refractivity contribution in [2.45, 2.75) is 52.5 Å². The van der Waals surface area contributed by atoms with Gasteiger partial charge < -0.3 is 0 Å². The molecule has 0 aromatic carbocycles. The second kappa shape index (κ2) is 7.56. The summed E-state index contributed by atoms with van der Waals surface area (Å²) in [6.45, 7) is 7.83. The molecule has 0 saturated carbocycles.